The van der Waals surface area contributed by atoms with Crippen molar-refractivity contribution in [1.29, 1.82) is 0 Å². The van der Waals surface area contributed by atoms with E-state index in [0.29, 0.717) is 30.3 Å². The Balaban J connectivity index is 2.52. The fourth-order valence-corrected chi connectivity index (χ4v) is 1.95. The Hall–Kier alpha value is -1.26. The van der Waals surface area contributed by atoms with Crippen LogP contribution < -0.4 is 4.74 Å². The van der Waals surface area contributed by atoms with Crippen molar-refractivity contribution in [2.24, 2.45) is 0 Å². The first-order chi connectivity index (χ1) is 9.08. The topological polar surface area (TPSA) is 49.8 Å². The predicted molar refractivity (Wildman–Crippen MR) is 75.6 cm³/mol. The molecule has 0 aromatic heterocycles. The van der Waals surface area contributed by atoms with Crippen LogP contribution in [0.15, 0.2) is 18.2 Å². The summed E-state index contributed by atoms with van der Waals surface area (Å²) in [5, 5.41) is 9.43. The lowest BCUT2D eigenvalue weighted by atomic mass is 10.2. The second kappa shape index (κ2) is 8.02. The molecule has 19 heavy (non-hydrogen) atoms. The van der Waals surface area contributed by atoms with E-state index in [1.807, 2.05) is 13.8 Å². The number of aliphatic hydroxyl groups excluding tert-OH is 1. The van der Waals surface area contributed by atoms with Crippen molar-refractivity contribution in [3.8, 4) is 5.75 Å². The molecule has 1 aromatic rings. The second-order valence-electron chi connectivity index (χ2n) is 4.25. The molecular weight excluding hydrogens is 266 g/mol. The Morgan fingerprint density at radius 2 is 2.21 bits per heavy atom. The minimum atomic E-state index is -0.0784. The van der Waals surface area contributed by atoms with E-state index in [9.17, 15) is 4.79 Å². The summed E-state index contributed by atoms with van der Waals surface area (Å²) >= 11 is 5.86. The smallest absolute Gasteiger partial charge is 0.260 e. The number of benzene rings is 1. The number of aliphatic hydroxyl groups is 1. The summed E-state index contributed by atoms with van der Waals surface area (Å²) in [7, 11) is 0. The van der Waals surface area contributed by atoms with Crippen LogP contribution >= 0.6 is 11.6 Å². The highest BCUT2D eigenvalue weighted by Gasteiger charge is 2.12. The van der Waals surface area contributed by atoms with E-state index in [1.54, 1.807) is 23.1 Å². The Kier molecular flexibility index (Phi) is 6.67. The van der Waals surface area contributed by atoms with Crippen molar-refractivity contribution < 1.29 is 14.6 Å². The number of aryl methyl sites for hydroxylation is 1. The number of rotatable bonds is 7. The van der Waals surface area contributed by atoms with Crippen molar-refractivity contribution >= 4 is 17.5 Å². The van der Waals surface area contributed by atoms with Gasteiger partial charge in [0.15, 0.2) is 6.61 Å². The van der Waals surface area contributed by atoms with Crippen molar-refractivity contribution in [3.05, 3.63) is 28.8 Å². The molecule has 5 heteroatoms. The van der Waals surface area contributed by atoms with Crippen molar-refractivity contribution in [3.63, 3.8) is 0 Å². The zero-order chi connectivity index (χ0) is 14.3. The molecule has 0 radical (unpaired) electrons. The number of hydrogen-bond acceptors (Lipinski definition) is 3. The van der Waals surface area contributed by atoms with Crippen LogP contribution in [0.5, 0.6) is 5.75 Å². The van der Waals surface area contributed by atoms with Crippen molar-refractivity contribution in [1.82, 2.24) is 4.90 Å². The number of ether oxygens (including phenoxy) is 1. The van der Waals surface area contributed by atoms with Gasteiger partial charge >= 0.3 is 0 Å². The van der Waals surface area contributed by atoms with Crippen molar-refractivity contribution in [2.45, 2.75) is 20.3 Å². The van der Waals surface area contributed by atoms with Gasteiger partial charge in [0.1, 0.15) is 5.75 Å². The van der Waals surface area contributed by atoms with Gasteiger partial charge < -0.3 is 14.7 Å². The monoisotopic (exact) mass is 285 g/mol. The van der Waals surface area contributed by atoms with Crippen LogP contribution in [0.1, 0.15) is 18.9 Å². The second-order valence-corrected chi connectivity index (χ2v) is 4.69. The Bertz CT molecular complexity index is 423. The van der Waals surface area contributed by atoms with Crippen molar-refractivity contribution in [2.75, 3.05) is 26.3 Å². The summed E-state index contributed by atoms with van der Waals surface area (Å²) in [5.41, 5.74) is 0.902. The average molecular weight is 286 g/mol. The maximum absolute atomic E-state index is 11.9. The molecule has 4 nitrogen and oxygen atoms in total. The van der Waals surface area contributed by atoms with Gasteiger partial charge in [0, 0.05) is 24.7 Å². The molecule has 0 bridgehead atoms. The third kappa shape index (κ3) is 5.09. The standard InChI is InChI=1S/C14H20ClNO3/c1-3-16(7-4-8-17)14(18)10-19-13-6-5-12(15)9-11(13)2/h5-6,9,17H,3-4,7-8,10H2,1-2H3. The molecule has 0 saturated heterocycles. The Morgan fingerprint density at radius 1 is 1.47 bits per heavy atom. The van der Waals surface area contributed by atoms with E-state index in [-0.39, 0.29) is 19.1 Å². The van der Waals surface area contributed by atoms with E-state index < -0.39 is 0 Å². The lowest BCUT2D eigenvalue weighted by Crippen LogP contribution is -2.35. The maximum Gasteiger partial charge on any atom is 0.260 e. The van der Waals surface area contributed by atoms with Crippen LogP contribution in [-0.2, 0) is 4.79 Å². The highest BCUT2D eigenvalue weighted by Crippen LogP contribution is 2.21. The molecule has 0 heterocycles. The molecule has 0 aliphatic heterocycles. The van der Waals surface area contributed by atoms with Crippen LogP contribution in [0.25, 0.3) is 0 Å². The molecular formula is C14H20ClNO3. The van der Waals surface area contributed by atoms with Gasteiger partial charge in [-0.3, -0.25) is 4.79 Å². The SMILES string of the molecule is CCN(CCCO)C(=O)COc1ccc(Cl)cc1C. The normalized spacial score (nSPS) is 10.3. The number of amides is 1. The minimum absolute atomic E-state index is 0.00173. The summed E-state index contributed by atoms with van der Waals surface area (Å²) in [4.78, 5) is 13.6. The fraction of sp³-hybridized carbons (Fsp3) is 0.500. The maximum atomic E-state index is 11.9. The summed E-state index contributed by atoms with van der Waals surface area (Å²) in [6, 6.07) is 5.29. The third-order valence-corrected chi connectivity index (χ3v) is 3.04. The molecule has 0 saturated carbocycles. The molecule has 0 aliphatic rings. The van der Waals surface area contributed by atoms with Crippen LogP contribution in [0.2, 0.25) is 5.02 Å². The molecule has 106 valence electrons. The van der Waals surface area contributed by atoms with Gasteiger partial charge in [-0.05, 0) is 44.0 Å². The third-order valence-electron chi connectivity index (χ3n) is 2.81. The average Bonchev–Trinajstić information content (AvgIpc) is 2.38. The van der Waals surface area contributed by atoms with Gasteiger partial charge in [0.2, 0.25) is 0 Å². The summed E-state index contributed by atoms with van der Waals surface area (Å²) in [5.74, 6) is 0.585. The molecule has 0 spiro atoms. The van der Waals surface area contributed by atoms with Gasteiger partial charge in [0.25, 0.3) is 5.91 Å². The lowest BCUT2D eigenvalue weighted by molar-refractivity contribution is -0.133. The largest absolute Gasteiger partial charge is 0.483 e. The first kappa shape index (κ1) is 15.8. The molecule has 1 aromatic carbocycles. The molecule has 1 amide bonds. The number of hydrogen-bond donors (Lipinski definition) is 1. The highest BCUT2D eigenvalue weighted by molar-refractivity contribution is 6.30. The lowest BCUT2D eigenvalue weighted by Gasteiger charge is -2.20. The van der Waals surface area contributed by atoms with E-state index >= 15 is 0 Å². The molecule has 1 N–H and O–H groups in total. The number of carbonyl (C=O) groups excluding carboxylic acids is 1. The van der Waals surface area contributed by atoms with E-state index in [1.165, 1.54) is 0 Å². The molecule has 0 unspecified atom stereocenters. The van der Waals surface area contributed by atoms with Crippen LogP contribution in [0.4, 0.5) is 0 Å². The van der Waals surface area contributed by atoms with E-state index in [0.717, 1.165) is 5.56 Å². The summed E-state index contributed by atoms with van der Waals surface area (Å²) < 4.78 is 5.50. The first-order valence-electron chi connectivity index (χ1n) is 6.36. The van der Waals surface area contributed by atoms with Crippen LogP contribution in [-0.4, -0.2) is 42.2 Å². The number of nitrogens with zero attached hydrogens (tertiary/aromatic N) is 1. The molecule has 0 atom stereocenters. The predicted octanol–water partition coefficient (Wildman–Crippen LogP) is 2.26. The summed E-state index contributed by atoms with van der Waals surface area (Å²) in [6.07, 6.45) is 0.583. The van der Waals surface area contributed by atoms with E-state index in [2.05, 4.69) is 0 Å². The molecule has 1 rings (SSSR count). The quantitative estimate of drug-likeness (QED) is 0.836. The number of halogens is 1. The Labute approximate surface area is 118 Å². The highest BCUT2D eigenvalue weighted by atomic mass is 35.5. The zero-order valence-corrected chi connectivity index (χ0v) is 12.1. The molecule has 0 aliphatic carbocycles. The zero-order valence-electron chi connectivity index (χ0n) is 11.4. The Morgan fingerprint density at radius 3 is 2.79 bits per heavy atom. The van der Waals surface area contributed by atoms with Crippen LogP contribution in [0.3, 0.4) is 0 Å². The minimum Gasteiger partial charge on any atom is -0.483 e. The van der Waals surface area contributed by atoms with Gasteiger partial charge in [-0.15, -0.1) is 0 Å². The van der Waals surface area contributed by atoms with Gasteiger partial charge in [0.05, 0.1) is 0 Å². The van der Waals surface area contributed by atoms with Gasteiger partial charge in [-0.25, -0.2) is 0 Å². The number of likely N-dealkylation sites (N-methyl/N-ethyl adjacent to an activating group) is 1. The summed E-state index contributed by atoms with van der Waals surface area (Å²) in [6.45, 7) is 5.04. The first-order valence-corrected chi connectivity index (χ1v) is 6.73. The van der Waals surface area contributed by atoms with Gasteiger partial charge in [-0.2, -0.15) is 0 Å². The van der Waals surface area contributed by atoms with Gasteiger partial charge in [-0.1, -0.05) is 11.6 Å². The van der Waals surface area contributed by atoms with Crippen LogP contribution in [0, 0.1) is 6.92 Å². The molecule has 0 fully saturated rings. The number of carbonyl (C=O) groups is 1. The van der Waals surface area contributed by atoms with E-state index in [4.69, 9.17) is 21.4 Å². The fourth-order valence-electron chi connectivity index (χ4n) is 1.73.